The summed E-state index contributed by atoms with van der Waals surface area (Å²) in [5, 5.41) is 0. The first-order valence-electron chi connectivity index (χ1n) is 4.73. The van der Waals surface area contributed by atoms with E-state index >= 15 is 0 Å². The van der Waals surface area contributed by atoms with Crippen molar-refractivity contribution in [2.24, 2.45) is 0 Å². The van der Waals surface area contributed by atoms with E-state index in [1.165, 1.54) is 6.07 Å². The molecule has 1 aliphatic rings. The summed E-state index contributed by atoms with van der Waals surface area (Å²) in [6.45, 7) is 0. The fraction of sp³-hybridized carbons (Fsp3) is 0.364. The van der Waals surface area contributed by atoms with E-state index in [9.17, 15) is 22.4 Å². The first-order chi connectivity index (χ1) is 7.40. The molecule has 0 aromatic heterocycles. The van der Waals surface area contributed by atoms with Gasteiger partial charge in [-0.3, -0.25) is 4.79 Å². The Labute approximate surface area is 89.1 Å². The van der Waals surface area contributed by atoms with Gasteiger partial charge in [0.15, 0.2) is 0 Å². The lowest BCUT2D eigenvalue weighted by Gasteiger charge is -2.20. The monoisotopic (exact) mass is 232 g/mol. The quantitative estimate of drug-likeness (QED) is 0.565. The van der Waals surface area contributed by atoms with Crippen molar-refractivity contribution in [2.45, 2.75) is 24.4 Å². The van der Waals surface area contributed by atoms with Crippen LogP contribution < -0.4 is 0 Å². The number of hydrogen-bond acceptors (Lipinski definition) is 1. The molecule has 0 spiro atoms. The summed E-state index contributed by atoms with van der Waals surface area (Å²) in [6.07, 6.45) is -4.21. The van der Waals surface area contributed by atoms with Crippen LogP contribution in [0.4, 0.5) is 17.6 Å². The van der Waals surface area contributed by atoms with E-state index in [1.807, 2.05) is 0 Å². The Kier molecular flexibility index (Phi) is 2.29. The van der Waals surface area contributed by atoms with Crippen LogP contribution >= 0.6 is 0 Å². The van der Waals surface area contributed by atoms with Crippen LogP contribution in [0.25, 0.3) is 0 Å². The van der Waals surface area contributed by atoms with E-state index in [1.54, 1.807) is 0 Å². The van der Waals surface area contributed by atoms with Crippen molar-refractivity contribution in [3.05, 3.63) is 35.1 Å². The van der Waals surface area contributed by atoms with Crippen molar-refractivity contribution in [1.82, 2.24) is 0 Å². The smallest absolute Gasteiger partial charge is 0.298 e. The van der Waals surface area contributed by atoms with Gasteiger partial charge in [0.1, 0.15) is 12.1 Å². The van der Waals surface area contributed by atoms with Crippen LogP contribution in [0.15, 0.2) is 18.2 Å². The maximum atomic E-state index is 13.4. The Balaban J connectivity index is 2.46. The maximum absolute atomic E-state index is 13.4. The van der Waals surface area contributed by atoms with Crippen LogP contribution in [-0.2, 0) is 5.41 Å². The van der Waals surface area contributed by atoms with Crippen molar-refractivity contribution in [3.8, 4) is 0 Å². The van der Waals surface area contributed by atoms with Crippen molar-refractivity contribution in [1.29, 1.82) is 0 Å². The molecule has 1 fully saturated rings. The third-order valence-corrected chi connectivity index (χ3v) is 2.94. The largest absolute Gasteiger partial charge is 0.398 e. The van der Waals surface area contributed by atoms with Gasteiger partial charge < -0.3 is 0 Å². The number of benzene rings is 1. The number of alkyl halides is 3. The van der Waals surface area contributed by atoms with Crippen molar-refractivity contribution >= 4 is 6.29 Å². The number of carbonyl (C=O) groups excluding carboxylic acids is 1. The molecule has 0 N–H and O–H groups in total. The number of rotatable bonds is 2. The topological polar surface area (TPSA) is 17.1 Å². The Morgan fingerprint density at radius 3 is 2.25 bits per heavy atom. The molecule has 86 valence electrons. The Bertz CT molecular complexity index is 432. The first-order valence-corrected chi connectivity index (χ1v) is 4.73. The van der Waals surface area contributed by atoms with Gasteiger partial charge in [0.05, 0.1) is 5.41 Å². The highest BCUT2D eigenvalue weighted by Crippen LogP contribution is 2.59. The molecule has 0 atom stereocenters. The highest BCUT2D eigenvalue weighted by atomic mass is 19.4. The minimum absolute atomic E-state index is 0.0409. The normalized spacial score (nSPS) is 18.2. The molecule has 0 aliphatic heterocycles. The van der Waals surface area contributed by atoms with E-state index in [0.29, 0.717) is 6.29 Å². The molecule has 1 aromatic rings. The molecule has 16 heavy (non-hydrogen) atoms. The molecule has 0 bridgehead atoms. The van der Waals surface area contributed by atoms with Gasteiger partial charge in [-0.15, -0.1) is 0 Å². The molecule has 2 rings (SSSR count). The predicted molar refractivity (Wildman–Crippen MR) is 48.8 cm³/mol. The standard InChI is InChI=1S/C11H8F4O/c12-9-5-7(6-16)1-2-8(9)10(3-4-10)11(13,14)15/h1-2,5-6H,3-4H2. The molecule has 1 nitrogen and oxygen atoms in total. The third kappa shape index (κ3) is 1.50. The third-order valence-electron chi connectivity index (χ3n) is 2.94. The fourth-order valence-corrected chi connectivity index (χ4v) is 1.82. The SMILES string of the molecule is O=Cc1ccc(C2(C(F)(F)F)CC2)c(F)c1. The van der Waals surface area contributed by atoms with Gasteiger partial charge in [0.2, 0.25) is 0 Å². The highest BCUT2D eigenvalue weighted by Gasteiger charge is 2.65. The summed E-state index contributed by atoms with van der Waals surface area (Å²) in [7, 11) is 0. The summed E-state index contributed by atoms with van der Waals surface area (Å²) in [4.78, 5) is 10.3. The second-order valence-electron chi connectivity index (χ2n) is 3.94. The minimum Gasteiger partial charge on any atom is -0.298 e. The summed E-state index contributed by atoms with van der Waals surface area (Å²) >= 11 is 0. The molecular weight excluding hydrogens is 224 g/mol. The molecule has 0 heterocycles. The molecule has 1 aliphatic carbocycles. The molecule has 0 unspecified atom stereocenters. The second-order valence-corrected chi connectivity index (χ2v) is 3.94. The van der Waals surface area contributed by atoms with Gasteiger partial charge in [-0.2, -0.15) is 13.2 Å². The van der Waals surface area contributed by atoms with E-state index in [0.717, 1.165) is 12.1 Å². The van der Waals surface area contributed by atoms with Crippen LogP contribution in [-0.4, -0.2) is 12.5 Å². The summed E-state index contributed by atoms with van der Waals surface area (Å²) in [5.41, 5.74) is -2.34. The lowest BCUT2D eigenvalue weighted by molar-refractivity contribution is -0.161. The van der Waals surface area contributed by atoms with Gasteiger partial charge in [0.25, 0.3) is 0 Å². The lowest BCUT2D eigenvalue weighted by atomic mass is 9.94. The van der Waals surface area contributed by atoms with E-state index in [2.05, 4.69) is 0 Å². The molecule has 1 aromatic carbocycles. The number of halogens is 4. The molecular formula is C11H8F4O. The van der Waals surface area contributed by atoms with Crippen LogP contribution in [0.1, 0.15) is 28.8 Å². The Morgan fingerprint density at radius 2 is 1.88 bits per heavy atom. The Morgan fingerprint density at radius 1 is 1.25 bits per heavy atom. The average Bonchev–Trinajstić information content (AvgIpc) is 2.97. The zero-order valence-corrected chi connectivity index (χ0v) is 8.14. The predicted octanol–water partition coefficient (Wildman–Crippen LogP) is 3.23. The van der Waals surface area contributed by atoms with Gasteiger partial charge >= 0.3 is 6.18 Å². The summed E-state index contributed by atoms with van der Waals surface area (Å²) < 4.78 is 51.6. The first kappa shape index (κ1) is 11.1. The summed E-state index contributed by atoms with van der Waals surface area (Å²) in [6, 6.07) is 3.10. The van der Waals surface area contributed by atoms with E-state index in [4.69, 9.17) is 0 Å². The van der Waals surface area contributed by atoms with Crippen LogP contribution in [0, 0.1) is 5.82 Å². The molecule has 0 radical (unpaired) electrons. The number of hydrogen-bond donors (Lipinski definition) is 0. The highest BCUT2D eigenvalue weighted by molar-refractivity contribution is 5.74. The zero-order valence-electron chi connectivity index (χ0n) is 8.14. The van der Waals surface area contributed by atoms with Gasteiger partial charge in [-0.1, -0.05) is 12.1 Å². The Hall–Kier alpha value is -1.39. The van der Waals surface area contributed by atoms with Crippen molar-refractivity contribution in [3.63, 3.8) is 0 Å². The molecule has 5 heteroatoms. The molecule has 0 amide bonds. The average molecular weight is 232 g/mol. The van der Waals surface area contributed by atoms with Gasteiger partial charge in [-0.05, 0) is 18.9 Å². The maximum Gasteiger partial charge on any atom is 0.398 e. The zero-order chi connectivity index (χ0) is 12.0. The number of carbonyl (C=O) groups is 1. The summed E-state index contributed by atoms with van der Waals surface area (Å²) in [5.74, 6) is -0.959. The van der Waals surface area contributed by atoms with Gasteiger partial charge in [-0.25, -0.2) is 4.39 Å². The van der Waals surface area contributed by atoms with Crippen LogP contribution in [0.5, 0.6) is 0 Å². The lowest BCUT2D eigenvalue weighted by Crippen LogP contribution is -2.29. The van der Waals surface area contributed by atoms with Gasteiger partial charge in [0, 0.05) is 11.1 Å². The molecule has 1 saturated carbocycles. The second kappa shape index (κ2) is 3.30. The van der Waals surface area contributed by atoms with Crippen molar-refractivity contribution < 1.29 is 22.4 Å². The molecule has 0 saturated heterocycles. The van der Waals surface area contributed by atoms with Crippen LogP contribution in [0.3, 0.4) is 0 Å². The number of aldehydes is 1. The van der Waals surface area contributed by atoms with Crippen LogP contribution in [0.2, 0.25) is 0 Å². The van der Waals surface area contributed by atoms with E-state index in [-0.39, 0.29) is 24.0 Å². The minimum atomic E-state index is -4.43. The van der Waals surface area contributed by atoms with Crippen molar-refractivity contribution in [2.75, 3.05) is 0 Å². The van der Waals surface area contributed by atoms with E-state index < -0.39 is 17.4 Å². The fourth-order valence-electron chi connectivity index (χ4n) is 1.82.